The van der Waals surface area contributed by atoms with Crippen LogP contribution < -0.4 is 19.5 Å². The molecule has 47 heavy (non-hydrogen) atoms. The number of ether oxygens (including phenoxy) is 3. The van der Waals surface area contributed by atoms with Gasteiger partial charge in [0.25, 0.3) is 11.0 Å². The van der Waals surface area contributed by atoms with Gasteiger partial charge in [0.2, 0.25) is 0 Å². The molecule has 1 unspecified atom stereocenters. The standard InChI is InChI=1S/C33H44N4O10/c1-4-5-6-7-16-33(24-34,25-11-8-12-26(22-25)44-3)17-10-19-36(2)20-15-27-28(13-9-14-29(27)47-32(41)31(39)40)45-23-30(38)35-18-21-46-37(42)43/h8-9,11-14,22H,4-7,10,15-21,23H2,1-3H3,(H,35,38)(H,39,40). The Morgan fingerprint density at radius 3 is 2.47 bits per heavy atom. The van der Waals surface area contributed by atoms with Crippen molar-refractivity contribution in [2.75, 3.05) is 47.0 Å². The molecule has 2 rings (SSSR count). The molecule has 0 saturated carbocycles. The summed E-state index contributed by atoms with van der Waals surface area (Å²) >= 11 is 0. The summed E-state index contributed by atoms with van der Waals surface area (Å²) in [5, 5.41) is 31.2. The number of nitriles is 1. The second-order valence-corrected chi connectivity index (χ2v) is 11.0. The summed E-state index contributed by atoms with van der Waals surface area (Å²) in [7, 11) is 3.51. The van der Waals surface area contributed by atoms with Gasteiger partial charge < -0.3 is 34.4 Å². The van der Waals surface area contributed by atoms with E-state index >= 15 is 0 Å². The van der Waals surface area contributed by atoms with Crippen molar-refractivity contribution >= 4 is 17.8 Å². The van der Waals surface area contributed by atoms with Crippen molar-refractivity contribution in [3.05, 3.63) is 63.7 Å². The van der Waals surface area contributed by atoms with Crippen LogP contribution in [0.5, 0.6) is 17.2 Å². The van der Waals surface area contributed by atoms with Crippen molar-refractivity contribution in [1.29, 1.82) is 5.26 Å². The van der Waals surface area contributed by atoms with Crippen LogP contribution in [-0.2, 0) is 31.1 Å². The van der Waals surface area contributed by atoms with Crippen molar-refractivity contribution in [2.24, 2.45) is 0 Å². The van der Waals surface area contributed by atoms with E-state index in [-0.39, 0.29) is 31.1 Å². The first-order chi connectivity index (χ1) is 22.5. The Labute approximate surface area is 274 Å². The molecule has 0 aromatic heterocycles. The number of carboxylic acid groups (broad SMARTS) is 1. The van der Waals surface area contributed by atoms with Crippen molar-refractivity contribution in [2.45, 2.75) is 63.7 Å². The lowest BCUT2D eigenvalue weighted by Gasteiger charge is -2.29. The maximum Gasteiger partial charge on any atom is 0.422 e. The van der Waals surface area contributed by atoms with Crippen molar-refractivity contribution in [1.82, 2.24) is 10.2 Å². The third-order valence-electron chi connectivity index (χ3n) is 7.63. The summed E-state index contributed by atoms with van der Waals surface area (Å²) in [5.74, 6) is -2.91. The number of benzene rings is 2. The molecule has 0 aliphatic heterocycles. The SMILES string of the molecule is CCCCCCC(C#N)(CCCN(C)CCc1c(OCC(=O)NCCO[N+](=O)[O-])cccc1OC(=O)C(=O)O)c1cccc(OC)c1. The summed E-state index contributed by atoms with van der Waals surface area (Å²) in [4.78, 5) is 51.7. The van der Waals surface area contributed by atoms with Gasteiger partial charge in [-0.05, 0) is 69.1 Å². The Morgan fingerprint density at radius 1 is 1.06 bits per heavy atom. The molecule has 0 radical (unpaired) electrons. The molecule has 14 nitrogen and oxygen atoms in total. The average Bonchev–Trinajstić information content (AvgIpc) is 3.06. The quantitative estimate of drug-likeness (QED) is 0.0462. The van der Waals surface area contributed by atoms with Gasteiger partial charge in [-0.25, -0.2) is 9.59 Å². The fourth-order valence-corrected chi connectivity index (χ4v) is 5.10. The number of carbonyl (C=O) groups is 3. The Balaban J connectivity index is 2.12. The molecule has 1 amide bonds. The van der Waals surface area contributed by atoms with Gasteiger partial charge in [0.05, 0.1) is 18.6 Å². The molecule has 2 N–H and O–H groups in total. The van der Waals surface area contributed by atoms with Crippen LogP contribution in [0.3, 0.4) is 0 Å². The van der Waals surface area contributed by atoms with E-state index in [2.05, 4.69) is 23.1 Å². The Bertz CT molecular complexity index is 1380. The highest BCUT2D eigenvalue weighted by Gasteiger charge is 2.32. The zero-order chi connectivity index (χ0) is 34.7. The third kappa shape index (κ3) is 13.2. The first-order valence-corrected chi connectivity index (χ1v) is 15.5. The molecular weight excluding hydrogens is 612 g/mol. The van der Waals surface area contributed by atoms with Gasteiger partial charge in [0, 0.05) is 18.7 Å². The number of carboxylic acids is 1. The molecule has 0 bridgehead atoms. The molecular formula is C33H44N4O10. The van der Waals surface area contributed by atoms with E-state index in [1.807, 2.05) is 36.2 Å². The molecule has 0 aliphatic rings. The topological polar surface area (TPSA) is 191 Å². The number of hydrogen-bond acceptors (Lipinski definition) is 11. The molecule has 256 valence electrons. The van der Waals surface area contributed by atoms with E-state index in [9.17, 15) is 29.8 Å². The van der Waals surface area contributed by atoms with Crippen LogP contribution in [0.2, 0.25) is 0 Å². The predicted octanol–water partition coefficient (Wildman–Crippen LogP) is 4.07. The fourth-order valence-electron chi connectivity index (χ4n) is 5.10. The summed E-state index contributed by atoms with van der Waals surface area (Å²) in [5.41, 5.74) is 0.651. The highest BCUT2D eigenvalue weighted by Crippen LogP contribution is 2.36. The van der Waals surface area contributed by atoms with E-state index in [4.69, 9.17) is 19.3 Å². The average molecular weight is 657 g/mol. The maximum atomic E-state index is 12.2. The Morgan fingerprint density at radius 2 is 1.79 bits per heavy atom. The highest BCUT2D eigenvalue weighted by molar-refractivity contribution is 6.29. The Hall–Kier alpha value is -4.90. The second kappa shape index (κ2) is 20.3. The second-order valence-electron chi connectivity index (χ2n) is 11.0. The largest absolute Gasteiger partial charge is 0.497 e. The molecule has 2 aromatic carbocycles. The molecule has 0 aliphatic carbocycles. The van der Waals surface area contributed by atoms with Gasteiger partial charge in [-0.3, -0.25) is 4.79 Å². The van der Waals surface area contributed by atoms with Gasteiger partial charge >= 0.3 is 11.9 Å². The predicted molar refractivity (Wildman–Crippen MR) is 171 cm³/mol. The minimum atomic E-state index is -1.76. The highest BCUT2D eigenvalue weighted by atomic mass is 16.9. The number of methoxy groups -OCH3 is 1. The maximum absolute atomic E-state index is 12.2. The van der Waals surface area contributed by atoms with Crippen LogP contribution in [-0.4, -0.2) is 79.9 Å². The van der Waals surface area contributed by atoms with Crippen molar-refractivity contribution in [3.63, 3.8) is 0 Å². The number of amides is 1. The summed E-state index contributed by atoms with van der Waals surface area (Å²) in [6, 6.07) is 14.8. The minimum Gasteiger partial charge on any atom is -0.497 e. The lowest BCUT2D eigenvalue weighted by atomic mass is 9.74. The number of likely N-dealkylation sites (N-methyl/N-ethyl adjacent to an activating group) is 1. The van der Waals surface area contributed by atoms with Crippen LogP contribution >= 0.6 is 0 Å². The van der Waals surface area contributed by atoms with E-state index in [1.165, 1.54) is 12.1 Å². The van der Waals surface area contributed by atoms with Gasteiger partial charge in [-0.15, -0.1) is 10.1 Å². The van der Waals surface area contributed by atoms with E-state index in [0.717, 1.165) is 37.7 Å². The number of aliphatic carboxylic acids is 1. The Kier molecular flexibility index (Phi) is 16.5. The zero-order valence-electron chi connectivity index (χ0n) is 27.2. The van der Waals surface area contributed by atoms with E-state index in [1.54, 1.807) is 13.2 Å². The first-order valence-electron chi connectivity index (χ1n) is 15.5. The summed E-state index contributed by atoms with van der Waals surface area (Å²) in [6.07, 6.45) is 6.57. The van der Waals surface area contributed by atoms with Gasteiger partial charge in [-0.2, -0.15) is 5.26 Å². The molecule has 0 saturated heterocycles. The molecule has 0 spiro atoms. The van der Waals surface area contributed by atoms with Crippen molar-refractivity contribution in [3.8, 4) is 23.3 Å². The lowest BCUT2D eigenvalue weighted by molar-refractivity contribution is -0.757. The summed E-state index contributed by atoms with van der Waals surface area (Å²) < 4.78 is 16.2. The normalized spacial score (nSPS) is 12.0. The molecule has 1 atom stereocenters. The molecule has 0 fully saturated rings. The number of esters is 1. The molecule has 2 aromatic rings. The number of carbonyl (C=O) groups excluding carboxylic acids is 2. The summed E-state index contributed by atoms with van der Waals surface area (Å²) in [6.45, 7) is 2.36. The monoisotopic (exact) mass is 656 g/mol. The number of unbranched alkanes of at least 4 members (excludes halogenated alkanes) is 3. The third-order valence-corrected chi connectivity index (χ3v) is 7.63. The van der Waals surface area contributed by atoms with Crippen LogP contribution in [0.4, 0.5) is 0 Å². The molecule has 14 heteroatoms. The van der Waals surface area contributed by atoms with Crippen LogP contribution in [0.1, 0.15) is 63.0 Å². The minimum absolute atomic E-state index is 0.0170. The smallest absolute Gasteiger partial charge is 0.422 e. The zero-order valence-corrected chi connectivity index (χ0v) is 27.2. The van der Waals surface area contributed by atoms with Gasteiger partial charge in [-0.1, -0.05) is 50.8 Å². The van der Waals surface area contributed by atoms with E-state index in [0.29, 0.717) is 37.2 Å². The fraction of sp³-hybridized carbons (Fsp3) is 0.515. The number of nitrogens with zero attached hydrogens (tertiary/aromatic N) is 3. The van der Waals surface area contributed by atoms with Crippen LogP contribution in [0.15, 0.2) is 42.5 Å². The van der Waals surface area contributed by atoms with Crippen LogP contribution in [0, 0.1) is 21.4 Å². The van der Waals surface area contributed by atoms with Crippen LogP contribution in [0.25, 0.3) is 0 Å². The number of nitrogens with one attached hydrogen (secondary N) is 1. The van der Waals surface area contributed by atoms with Crippen molar-refractivity contribution < 1.29 is 43.6 Å². The number of hydrogen-bond donors (Lipinski definition) is 2. The molecule has 0 heterocycles. The van der Waals surface area contributed by atoms with E-state index < -0.39 is 35.0 Å². The lowest BCUT2D eigenvalue weighted by Crippen LogP contribution is -2.32. The van der Waals surface area contributed by atoms with Gasteiger partial charge in [0.15, 0.2) is 6.61 Å². The first kappa shape index (κ1) is 38.3. The number of rotatable bonds is 22. The van der Waals surface area contributed by atoms with Gasteiger partial charge in [0.1, 0.15) is 23.9 Å².